The molecule has 3 rings (SSSR count). The van der Waals surface area contributed by atoms with Crippen molar-refractivity contribution in [2.75, 3.05) is 11.4 Å². The molecule has 0 fully saturated rings. The minimum atomic E-state index is -4.35. The van der Waals surface area contributed by atoms with Gasteiger partial charge in [-0.3, -0.25) is 0 Å². The topological polar surface area (TPSA) is 3.24 Å². The van der Waals surface area contributed by atoms with Gasteiger partial charge in [-0.2, -0.15) is 13.2 Å². The van der Waals surface area contributed by atoms with E-state index in [9.17, 15) is 13.2 Å². The molecule has 0 radical (unpaired) electrons. The van der Waals surface area contributed by atoms with E-state index in [1.165, 1.54) is 12.1 Å². The van der Waals surface area contributed by atoms with Gasteiger partial charge in [0, 0.05) is 16.7 Å². The van der Waals surface area contributed by atoms with Crippen molar-refractivity contribution >= 4 is 33.4 Å². The van der Waals surface area contributed by atoms with Crippen molar-refractivity contribution in [3.63, 3.8) is 0 Å². The Kier molecular flexibility index (Phi) is 3.53. The summed E-state index contributed by atoms with van der Waals surface area (Å²) in [5.41, 5.74) is 1.77. The smallest absolute Gasteiger partial charge is 0.336 e. The normalized spacial score (nSPS) is 14.2. The maximum absolute atomic E-state index is 12.9. The summed E-state index contributed by atoms with van der Waals surface area (Å²) in [5.74, 6) is 0. The van der Waals surface area contributed by atoms with E-state index >= 15 is 0 Å². The van der Waals surface area contributed by atoms with Crippen molar-refractivity contribution < 1.29 is 13.2 Å². The molecule has 0 aliphatic carbocycles. The van der Waals surface area contributed by atoms with Crippen LogP contribution in [0.5, 0.6) is 0 Å². The average molecular weight is 354 g/mol. The Morgan fingerprint density at radius 1 is 1.00 bits per heavy atom. The Morgan fingerprint density at radius 2 is 1.76 bits per heavy atom. The summed E-state index contributed by atoms with van der Waals surface area (Å²) in [6, 6.07) is 11.4. The maximum Gasteiger partial charge on any atom is 0.416 e. The molecule has 108 valence electrons. The fourth-order valence-electron chi connectivity index (χ4n) is 2.38. The highest BCUT2D eigenvalue weighted by atomic mass is 79.9. The fraction of sp³-hybridized carbons (Fsp3) is 0.125. The highest BCUT2D eigenvalue weighted by Crippen LogP contribution is 2.40. The highest BCUT2D eigenvalue weighted by molar-refractivity contribution is 9.10. The molecule has 0 bridgehead atoms. The highest BCUT2D eigenvalue weighted by Gasteiger charge is 2.31. The molecule has 1 nitrogen and oxygen atoms in total. The van der Waals surface area contributed by atoms with Crippen molar-refractivity contribution in [1.82, 2.24) is 0 Å². The van der Waals surface area contributed by atoms with E-state index in [-0.39, 0.29) is 0 Å². The van der Waals surface area contributed by atoms with E-state index in [2.05, 4.69) is 15.9 Å². The van der Waals surface area contributed by atoms with E-state index in [0.717, 1.165) is 17.3 Å². The molecule has 2 aromatic rings. The van der Waals surface area contributed by atoms with Crippen LogP contribution in [-0.2, 0) is 6.18 Å². The third-order valence-corrected chi connectivity index (χ3v) is 4.05. The molecule has 2 aromatic carbocycles. The molecule has 0 amide bonds. The number of fused-ring (bicyclic) bond motifs is 1. The van der Waals surface area contributed by atoms with Gasteiger partial charge in [-0.1, -0.05) is 30.4 Å². The van der Waals surface area contributed by atoms with Crippen molar-refractivity contribution in [3.05, 3.63) is 64.1 Å². The number of rotatable bonds is 1. The molecule has 0 N–H and O–H groups in total. The SMILES string of the molecule is FC(F)(F)c1ccc(Br)c(N2CC=Cc3ccccc32)c1. The molecule has 0 saturated carbocycles. The van der Waals surface area contributed by atoms with Gasteiger partial charge in [0.1, 0.15) is 0 Å². The molecular weight excluding hydrogens is 343 g/mol. The zero-order valence-electron chi connectivity index (χ0n) is 10.9. The van der Waals surface area contributed by atoms with E-state index in [1.54, 1.807) is 0 Å². The third kappa shape index (κ3) is 2.70. The largest absolute Gasteiger partial charge is 0.416 e. The number of anilines is 2. The van der Waals surface area contributed by atoms with Crippen molar-refractivity contribution in [2.45, 2.75) is 6.18 Å². The van der Waals surface area contributed by atoms with Crippen molar-refractivity contribution in [3.8, 4) is 0 Å². The van der Waals surface area contributed by atoms with Crippen molar-refractivity contribution in [2.24, 2.45) is 0 Å². The third-order valence-electron chi connectivity index (χ3n) is 3.38. The maximum atomic E-state index is 12.9. The van der Waals surface area contributed by atoms with Gasteiger partial charge in [-0.25, -0.2) is 0 Å². The second-order valence-electron chi connectivity index (χ2n) is 4.74. The van der Waals surface area contributed by atoms with Gasteiger partial charge in [0.25, 0.3) is 0 Å². The number of nitrogens with zero attached hydrogens (tertiary/aromatic N) is 1. The van der Waals surface area contributed by atoms with E-state index in [4.69, 9.17) is 0 Å². The van der Waals surface area contributed by atoms with E-state index in [0.29, 0.717) is 16.7 Å². The van der Waals surface area contributed by atoms with E-state index in [1.807, 2.05) is 41.3 Å². The molecule has 1 aliphatic rings. The van der Waals surface area contributed by atoms with Crippen LogP contribution in [0.25, 0.3) is 6.08 Å². The van der Waals surface area contributed by atoms with Crippen LogP contribution in [0.4, 0.5) is 24.5 Å². The Morgan fingerprint density at radius 3 is 2.52 bits per heavy atom. The molecule has 1 heterocycles. The zero-order chi connectivity index (χ0) is 15.0. The Labute approximate surface area is 128 Å². The summed E-state index contributed by atoms with van der Waals surface area (Å²) in [6.45, 7) is 0.539. The Hall–Kier alpha value is -1.75. The molecule has 0 spiro atoms. The standard InChI is InChI=1S/C16H11BrF3N/c17-13-8-7-12(16(18,19)20)10-15(13)21-9-3-5-11-4-1-2-6-14(11)21/h1-8,10H,9H2. The average Bonchev–Trinajstić information content (AvgIpc) is 2.46. The number of alkyl halides is 3. The van der Waals surface area contributed by atoms with Gasteiger partial charge >= 0.3 is 6.18 Å². The van der Waals surface area contributed by atoms with Crippen LogP contribution in [0, 0.1) is 0 Å². The summed E-state index contributed by atoms with van der Waals surface area (Å²) < 4.78 is 39.4. The molecular formula is C16H11BrF3N. The van der Waals surface area contributed by atoms with Gasteiger partial charge < -0.3 is 4.90 Å². The Balaban J connectivity index is 2.11. The number of halogens is 4. The lowest BCUT2D eigenvalue weighted by atomic mass is 10.1. The summed E-state index contributed by atoms with van der Waals surface area (Å²) in [7, 11) is 0. The monoisotopic (exact) mass is 353 g/mol. The van der Waals surface area contributed by atoms with Crippen LogP contribution in [-0.4, -0.2) is 6.54 Å². The molecule has 0 atom stereocenters. The molecule has 0 unspecified atom stereocenters. The minimum Gasteiger partial charge on any atom is -0.336 e. The second-order valence-corrected chi connectivity index (χ2v) is 5.59. The summed E-state index contributed by atoms with van der Waals surface area (Å²) in [4.78, 5) is 1.87. The predicted molar refractivity (Wildman–Crippen MR) is 81.6 cm³/mol. The first-order chi connectivity index (χ1) is 9.97. The summed E-state index contributed by atoms with van der Waals surface area (Å²) >= 11 is 3.35. The predicted octanol–water partition coefficient (Wildman–Crippen LogP) is 5.63. The van der Waals surface area contributed by atoms with Crippen LogP contribution in [0.3, 0.4) is 0 Å². The molecule has 5 heteroatoms. The number of benzene rings is 2. The number of hydrogen-bond acceptors (Lipinski definition) is 1. The minimum absolute atomic E-state index is 0.515. The van der Waals surface area contributed by atoms with Crippen LogP contribution < -0.4 is 4.90 Å². The first kappa shape index (κ1) is 14.2. The van der Waals surface area contributed by atoms with Gasteiger partial charge in [0.15, 0.2) is 0 Å². The molecule has 1 aliphatic heterocycles. The molecule has 0 aromatic heterocycles. The second kappa shape index (κ2) is 5.22. The van der Waals surface area contributed by atoms with E-state index < -0.39 is 11.7 Å². The molecule has 21 heavy (non-hydrogen) atoms. The number of para-hydroxylation sites is 1. The van der Waals surface area contributed by atoms with Gasteiger partial charge in [-0.05, 0) is 45.8 Å². The summed E-state index contributed by atoms with van der Waals surface area (Å²) in [5, 5.41) is 0. The molecule has 0 saturated heterocycles. The zero-order valence-corrected chi connectivity index (χ0v) is 12.4. The fourth-order valence-corrected chi connectivity index (χ4v) is 2.84. The lowest BCUT2D eigenvalue weighted by Gasteiger charge is -2.29. The van der Waals surface area contributed by atoms with Gasteiger partial charge in [0.05, 0.1) is 11.3 Å². The summed E-state index contributed by atoms with van der Waals surface area (Å²) in [6.07, 6.45) is -0.428. The van der Waals surface area contributed by atoms with Crippen LogP contribution in [0.15, 0.2) is 53.0 Å². The Bertz CT molecular complexity index is 707. The quantitative estimate of drug-likeness (QED) is 0.641. The van der Waals surface area contributed by atoms with Crippen molar-refractivity contribution in [1.29, 1.82) is 0 Å². The lowest BCUT2D eigenvalue weighted by Crippen LogP contribution is -2.21. The van der Waals surface area contributed by atoms with Crippen LogP contribution in [0.2, 0.25) is 0 Å². The lowest BCUT2D eigenvalue weighted by molar-refractivity contribution is -0.137. The first-order valence-electron chi connectivity index (χ1n) is 6.37. The first-order valence-corrected chi connectivity index (χ1v) is 7.16. The van der Waals surface area contributed by atoms with Crippen LogP contribution >= 0.6 is 15.9 Å². The van der Waals surface area contributed by atoms with Gasteiger partial charge in [0.2, 0.25) is 0 Å². The van der Waals surface area contributed by atoms with Gasteiger partial charge in [-0.15, -0.1) is 0 Å². The number of hydrogen-bond donors (Lipinski definition) is 0. The van der Waals surface area contributed by atoms with Crippen LogP contribution in [0.1, 0.15) is 11.1 Å².